The van der Waals surface area contributed by atoms with E-state index in [1.165, 1.54) is 30.1 Å². The minimum atomic E-state index is -4.63. The molecular weight excluding hydrogens is 338 g/mol. The van der Waals surface area contributed by atoms with Crippen LogP contribution in [0.15, 0.2) is 30.5 Å². The number of hydrogen-bond acceptors (Lipinski definition) is 4. The number of rotatable bonds is 7. The molecule has 4 nitrogen and oxygen atoms in total. The fraction of sp³-hybridized carbons (Fsp3) is 0.412. The van der Waals surface area contributed by atoms with Crippen LogP contribution in [0.4, 0.5) is 29.2 Å². The summed E-state index contributed by atoms with van der Waals surface area (Å²) in [7, 11) is 1.47. The van der Waals surface area contributed by atoms with E-state index >= 15 is 0 Å². The van der Waals surface area contributed by atoms with Gasteiger partial charge >= 0.3 is 6.18 Å². The van der Waals surface area contributed by atoms with Gasteiger partial charge in [-0.25, -0.2) is 9.37 Å². The smallest absolute Gasteiger partial charge is 0.423 e. The number of halogens is 4. The second kappa shape index (κ2) is 8.13. The van der Waals surface area contributed by atoms with Crippen LogP contribution in [0.5, 0.6) is 5.88 Å². The largest absolute Gasteiger partial charge is 0.477 e. The van der Waals surface area contributed by atoms with Crippen LogP contribution in [0.3, 0.4) is 0 Å². The van der Waals surface area contributed by atoms with Crippen molar-refractivity contribution < 1.29 is 22.3 Å². The second-order valence-corrected chi connectivity index (χ2v) is 5.45. The molecule has 1 aromatic carbocycles. The van der Waals surface area contributed by atoms with Crippen molar-refractivity contribution in [1.82, 2.24) is 9.97 Å². The van der Waals surface area contributed by atoms with Crippen molar-refractivity contribution in [2.45, 2.75) is 32.4 Å². The number of alkyl halides is 3. The first kappa shape index (κ1) is 19.0. The molecule has 0 aliphatic carbocycles. The van der Waals surface area contributed by atoms with Crippen LogP contribution in [0.1, 0.15) is 31.7 Å². The summed E-state index contributed by atoms with van der Waals surface area (Å²) in [5.74, 6) is -1.15. The fourth-order valence-corrected chi connectivity index (χ4v) is 2.18. The predicted octanol–water partition coefficient (Wildman–Crippen LogP) is 4.97. The number of ether oxygens (including phenoxy) is 1. The van der Waals surface area contributed by atoms with Crippen LogP contribution in [-0.4, -0.2) is 23.6 Å². The van der Waals surface area contributed by atoms with E-state index in [-0.39, 0.29) is 18.2 Å². The highest BCUT2D eigenvalue weighted by Gasteiger charge is 2.36. The Bertz CT molecular complexity index is 707. The van der Waals surface area contributed by atoms with Crippen LogP contribution in [0.25, 0.3) is 0 Å². The quantitative estimate of drug-likeness (QED) is 0.518. The lowest BCUT2D eigenvalue weighted by molar-refractivity contribution is -0.139. The molecule has 8 heteroatoms. The summed E-state index contributed by atoms with van der Waals surface area (Å²) in [5.41, 5.74) is -0.895. The van der Waals surface area contributed by atoms with Gasteiger partial charge < -0.3 is 9.64 Å². The summed E-state index contributed by atoms with van der Waals surface area (Å²) in [6.45, 7) is 2.10. The van der Waals surface area contributed by atoms with E-state index in [9.17, 15) is 17.6 Å². The molecule has 0 spiro atoms. The molecule has 0 radical (unpaired) electrons. The first-order valence-corrected chi connectivity index (χ1v) is 7.90. The Morgan fingerprint density at radius 3 is 2.52 bits per heavy atom. The Hall–Kier alpha value is -2.38. The Morgan fingerprint density at radius 1 is 1.16 bits per heavy atom. The molecule has 0 amide bonds. The first-order valence-electron chi connectivity index (χ1n) is 7.90. The highest BCUT2D eigenvalue weighted by atomic mass is 19.4. The average Bonchev–Trinajstić information content (AvgIpc) is 2.57. The average molecular weight is 357 g/mol. The molecular formula is C17H19F4N3O. The third-order valence-electron chi connectivity index (χ3n) is 3.55. The predicted molar refractivity (Wildman–Crippen MR) is 86.5 cm³/mol. The Kier molecular flexibility index (Phi) is 6.17. The molecule has 136 valence electrons. The van der Waals surface area contributed by atoms with Crippen molar-refractivity contribution in [2.24, 2.45) is 0 Å². The van der Waals surface area contributed by atoms with E-state index in [1.54, 1.807) is 6.07 Å². The molecule has 0 fully saturated rings. The summed E-state index contributed by atoms with van der Waals surface area (Å²) in [6.07, 6.45) is -1.59. The molecule has 0 saturated carbocycles. The minimum Gasteiger partial charge on any atom is -0.477 e. The fourth-order valence-electron chi connectivity index (χ4n) is 2.18. The van der Waals surface area contributed by atoms with Crippen molar-refractivity contribution >= 4 is 11.6 Å². The number of nitrogens with zero attached hydrogens (tertiary/aromatic N) is 3. The molecule has 0 bridgehead atoms. The van der Waals surface area contributed by atoms with E-state index in [0.29, 0.717) is 12.6 Å². The molecule has 0 N–H and O–H groups in total. The maximum absolute atomic E-state index is 13.9. The van der Waals surface area contributed by atoms with Crippen LogP contribution in [-0.2, 0) is 6.18 Å². The van der Waals surface area contributed by atoms with Gasteiger partial charge in [-0.1, -0.05) is 31.9 Å². The highest BCUT2D eigenvalue weighted by Crippen LogP contribution is 2.36. The molecule has 1 aromatic heterocycles. The lowest BCUT2D eigenvalue weighted by Gasteiger charge is -2.20. The van der Waals surface area contributed by atoms with Gasteiger partial charge in [-0.15, -0.1) is 0 Å². The topological polar surface area (TPSA) is 38.2 Å². The zero-order valence-corrected chi connectivity index (χ0v) is 14.0. The standard InChI is InChI=1S/C17H19F4N3O/c1-3-4-7-10-25-15-12(17(19,20)21)11-22-16(23-15)24(2)14-9-6-5-8-13(14)18/h5-6,8-9,11H,3-4,7,10H2,1-2H3. The highest BCUT2D eigenvalue weighted by molar-refractivity contribution is 5.57. The second-order valence-electron chi connectivity index (χ2n) is 5.45. The summed E-state index contributed by atoms with van der Waals surface area (Å²) in [6, 6.07) is 5.86. The van der Waals surface area contributed by atoms with Crippen LogP contribution in [0, 0.1) is 5.82 Å². The maximum atomic E-state index is 13.9. The van der Waals surface area contributed by atoms with E-state index in [1.807, 2.05) is 6.92 Å². The van der Waals surface area contributed by atoms with Gasteiger partial charge in [0.15, 0.2) is 0 Å². The minimum absolute atomic E-state index is 0.0800. The van der Waals surface area contributed by atoms with Crippen molar-refractivity contribution in [3.63, 3.8) is 0 Å². The zero-order chi connectivity index (χ0) is 18.4. The summed E-state index contributed by atoms with van der Waals surface area (Å²) >= 11 is 0. The van der Waals surface area contributed by atoms with Gasteiger partial charge in [0.2, 0.25) is 11.8 Å². The number of para-hydroxylation sites is 1. The Labute approximate surface area is 143 Å². The Morgan fingerprint density at radius 2 is 1.88 bits per heavy atom. The van der Waals surface area contributed by atoms with Gasteiger partial charge in [-0.2, -0.15) is 18.2 Å². The number of aromatic nitrogens is 2. The van der Waals surface area contributed by atoms with Gasteiger partial charge in [0.1, 0.15) is 11.4 Å². The molecule has 0 aliphatic rings. The van der Waals surface area contributed by atoms with Crippen molar-refractivity contribution in [1.29, 1.82) is 0 Å². The van der Waals surface area contributed by atoms with Gasteiger partial charge in [0.05, 0.1) is 12.3 Å². The third kappa shape index (κ3) is 4.80. The van der Waals surface area contributed by atoms with Crippen LogP contribution < -0.4 is 9.64 Å². The SMILES string of the molecule is CCCCCOc1nc(N(C)c2ccccc2F)ncc1C(F)(F)F. The molecule has 2 aromatic rings. The van der Waals surface area contributed by atoms with E-state index < -0.39 is 23.4 Å². The van der Waals surface area contributed by atoms with Gasteiger partial charge in [-0.3, -0.25) is 0 Å². The third-order valence-corrected chi connectivity index (χ3v) is 3.55. The molecule has 0 atom stereocenters. The van der Waals surface area contributed by atoms with Crippen LogP contribution >= 0.6 is 0 Å². The monoisotopic (exact) mass is 357 g/mol. The van der Waals surface area contributed by atoms with Crippen molar-refractivity contribution in [2.75, 3.05) is 18.6 Å². The van der Waals surface area contributed by atoms with E-state index in [4.69, 9.17) is 4.74 Å². The van der Waals surface area contributed by atoms with Crippen molar-refractivity contribution in [3.8, 4) is 5.88 Å². The number of benzene rings is 1. The number of hydrogen-bond donors (Lipinski definition) is 0. The molecule has 0 aliphatic heterocycles. The van der Waals surface area contributed by atoms with Crippen LogP contribution in [0.2, 0.25) is 0 Å². The summed E-state index contributed by atoms with van der Waals surface area (Å²) in [4.78, 5) is 8.85. The van der Waals surface area contributed by atoms with Gasteiger partial charge in [0, 0.05) is 13.2 Å². The first-order chi connectivity index (χ1) is 11.8. The van der Waals surface area contributed by atoms with Gasteiger partial charge in [-0.05, 0) is 18.6 Å². The number of unbranched alkanes of at least 4 members (excludes halogenated alkanes) is 2. The summed E-state index contributed by atoms with van der Waals surface area (Å²) < 4.78 is 58.4. The van der Waals surface area contributed by atoms with Crippen molar-refractivity contribution in [3.05, 3.63) is 41.8 Å². The zero-order valence-electron chi connectivity index (χ0n) is 14.0. The van der Waals surface area contributed by atoms with Gasteiger partial charge in [0.25, 0.3) is 0 Å². The van der Waals surface area contributed by atoms with E-state index in [2.05, 4.69) is 9.97 Å². The Balaban J connectivity index is 2.32. The molecule has 25 heavy (non-hydrogen) atoms. The lowest BCUT2D eigenvalue weighted by atomic mass is 10.2. The molecule has 1 heterocycles. The summed E-state index contributed by atoms with van der Waals surface area (Å²) in [5, 5.41) is 0. The lowest BCUT2D eigenvalue weighted by Crippen LogP contribution is -2.18. The maximum Gasteiger partial charge on any atom is 0.423 e. The normalized spacial score (nSPS) is 11.4. The molecule has 0 saturated heterocycles. The molecule has 2 rings (SSSR count). The molecule has 0 unspecified atom stereocenters. The number of anilines is 2. The van der Waals surface area contributed by atoms with E-state index in [0.717, 1.165) is 12.8 Å².